The second kappa shape index (κ2) is 7.96. The van der Waals surface area contributed by atoms with E-state index in [1.807, 2.05) is 0 Å². The molecule has 0 aromatic rings. The van der Waals surface area contributed by atoms with Crippen molar-refractivity contribution in [1.82, 2.24) is 0 Å². The highest BCUT2D eigenvalue weighted by atomic mass is 16.1. The highest BCUT2D eigenvalue weighted by Gasteiger charge is 2.11. The summed E-state index contributed by atoms with van der Waals surface area (Å²) in [7, 11) is 0. The van der Waals surface area contributed by atoms with Crippen LogP contribution in [0.1, 0.15) is 92.9 Å². The molecule has 0 bridgehead atoms. The first-order chi connectivity index (χ1) is 8.10. The van der Waals surface area contributed by atoms with Gasteiger partial charge >= 0.3 is 0 Å². The Hall–Kier alpha value is -0.330. The van der Waals surface area contributed by atoms with Gasteiger partial charge in [0.2, 0.25) is 0 Å². The minimum Gasteiger partial charge on any atom is -0.300 e. The first kappa shape index (κ1) is 17.7. The maximum Gasteiger partial charge on any atom is 0.132 e. The molecular formula is C17H34O. The molecule has 0 unspecified atom stereocenters. The van der Waals surface area contributed by atoms with Crippen LogP contribution in [0.4, 0.5) is 0 Å². The van der Waals surface area contributed by atoms with Gasteiger partial charge in [-0.25, -0.2) is 0 Å². The van der Waals surface area contributed by atoms with Crippen LogP contribution in [0, 0.1) is 10.8 Å². The highest BCUT2D eigenvalue weighted by molar-refractivity contribution is 5.78. The van der Waals surface area contributed by atoms with Crippen molar-refractivity contribution < 1.29 is 4.79 Å². The average Bonchev–Trinajstić information content (AvgIpc) is 2.17. The van der Waals surface area contributed by atoms with E-state index < -0.39 is 0 Å². The van der Waals surface area contributed by atoms with Gasteiger partial charge in [-0.3, -0.25) is 4.79 Å². The molecule has 0 aliphatic carbocycles. The minimum atomic E-state index is 0.412. The van der Waals surface area contributed by atoms with Gasteiger partial charge in [-0.1, -0.05) is 54.4 Å². The zero-order chi connectivity index (χ0) is 14.2. The molecule has 0 aromatic carbocycles. The van der Waals surface area contributed by atoms with E-state index in [2.05, 4.69) is 41.5 Å². The zero-order valence-electron chi connectivity index (χ0n) is 13.6. The van der Waals surface area contributed by atoms with Crippen LogP contribution in [0.5, 0.6) is 0 Å². The summed E-state index contributed by atoms with van der Waals surface area (Å²) in [6, 6.07) is 0. The summed E-state index contributed by atoms with van der Waals surface area (Å²) in [5.41, 5.74) is 0.825. The van der Waals surface area contributed by atoms with Gasteiger partial charge in [0, 0.05) is 12.8 Å². The molecule has 0 amide bonds. The Morgan fingerprint density at radius 2 is 1.00 bits per heavy atom. The van der Waals surface area contributed by atoms with E-state index in [9.17, 15) is 4.79 Å². The van der Waals surface area contributed by atoms with Gasteiger partial charge in [-0.15, -0.1) is 0 Å². The molecule has 18 heavy (non-hydrogen) atoms. The van der Waals surface area contributed by atoms with Crippen LogP contribution < -0.4 is 0 Å². The maximum atomic E-state index is 11.7. The van der Waals surface area contributed by atoms with Crippen LogP contribution in [0.25, 0.3) is 0 Å². The monoisotopic (exact) mass is 254 g/mol. The lowest BCUT2D eigenvalue weighted by molar-refractivity contribution is -0.119. The Bertz CT molecular complexity index is 203. The number of carbonyl (C=O) groups excluding carboxylic acids is 1. The highest BCUT2D eigenvalue weighted by Crippen LogP contribution is 2.23. The fourth-order valence-electron chi connectivity index (χ4n) is 2.08. The van der Waals surface area contributed by atoms with E-state index in [0.717, 1.165) is 25.7 Å². The quantitative estimate of drug-likeness (QED) is 0.503. The summed E-state index contributed by atoms with van der Waals surface area (Å²) in [5.74, 6) is 0.470. The lowest BCUT2D eigenvalue weighted by atomic mass is 9.88. The molecule has 0 aliphatic rings. The molecule has 0 rings (SSSR count). The van der Waals surface area contributed by atoms with Crippen LogP contribution in [-0.4, -0.2) is 5.78 Å². The number of hydrogen-bond acceptors (Lipinski definition) is 1. The summed E-state index contributed by atoms with van der Waals surface area (Å²) < 4.78 is 0. The SMILES string of the molecule is CC(C)(C)CCCCC(=O)CCCCC(C)(C)C. The number of carbonyl (C=O) groups is 1. The molecule has 0 atom stereocenters. The van der Waals surface area contributed by atoms with E-state index in [4.69, 9.17) is 0 Å². The summed E-state index contributed by atoms with van der Waals surface area (Å²) in [6.07, 6.45) is 8.59. The van der Waals surface area contributed by atoms with Gasteiger partial charge in [-0.2, -0.15) is 0 Å². The van der Waals surface area contributed by atoms with E-state index >= 15 is 0 Å². The molecule has 0 aliphatic heterocycles. The largest absolute Gasteiger partial charge is 0.300 e. The van der Waals surface area contributed by atoms with E-state index in [-0.39, 0.29) is 0 Å². The molecular weight excluding hydrogens is 220 g/mol. The van der Waals surface area contributed by atoms with Gasteiger partial charge in [-0.05, 0) is 36.5 Å². The number of rotatable bonds is 8. The van der Waals surface area contributed by atoms with Crippen LogP contribution in [0.2, 0.25) is 0 Å². The van der Waals surface area contributed by atoms with Gasteiger partial charge in [0.1, 0.15) is 5.78 Å². The fraction of sp³-hybridized carbons (Fsp3) is 0.941. The first-order valence-electron chi connectivity index (χ1n) is 7.62. The van der Waals surface area contributed by atoms with Crippen molar-refractivity contribution in [1.29, 1.82) is 0 Å². The third-order valence-corrected chi connectivity index (χ3v) is 3.26. The lowest BCUT2D eigenvalue weighted by Crippen LogP contribution is -2.06. The number of ketones is 1. The van der Waals surface area contributed by atoms with Crippen molar-refractivity contribution in [3.8, 4) is 0 Å². The van der Waals surface area contributed by atoms with Crippen molar-refractivity contribution in [2.45, 2.75) is 92.9 Å². The normalized spacial score (nSPS) is 12.8. The van der Waals surface area contributed by atoms with Gasteiger partial charge in [0.25, 0.3) is 0 Å². The molecule has 108 valence electrons. The lowest BCUT2D eigenvalue weighted by Gasteiger charge is -2.17. The third-order valence-electron chi connectivity index (χ3n) is 3.26. The Morgan fingerprint density at radius 1 is 0.667 bits per heavy atom. The molecule has 1 nitrogen and oxygen atoms in total. The minimum absolute atomic E-state index is 0.412. The zero-order valence-corrected chi connectivity index (χ0v) is 13.6. The third kappa shape index (κ3) is 13.7. The van der Waals surface area contributed by atoms with E-state index in [1.165, 1.54) is 25.7 Å². The Labute approximate surface area is 115 Å². The number of unbranched alkanes of at least 4 members (excludes halogenated alkanes) is 2. The second-order valence-electron chi connectivity index (χ2n) is 8.07. The van der Waals surface area contributed by atoms with Crippen LogP contribution >= 0.6 is 0 Å². The second-order valence-corrected chi connectivity index (χ2v) is 8.07. The Balaban J connectivity index is 3.44. The average molecular weight is 254 g/mol. The standard InChI is InChI=1S/C17H34O/c1-16(2,3)13-9-7-11-15(18)12-8-10-14-17(4,5)6/h7-14H2,1-6H3. The van der Waals surface area contributed by atoms with Crippen molar-refractivity contribution in [2.75, 3.05) is 0 Å². The fourth-order valence-corrected chi connectivity index (χ4v) is 2.08. The maximum absolute atomic E-state index is 11.7. The first-order valence-corrected chi connectivity index (χ1v) is 7.62. The van der Waals surface area contributed by atoms with Crippen molar-refractivity contribution in [3.05, 3.63) is 0 Å². The molecule has 0 saturated heterocycles. The molecule has 0 aromatic heterocycles. The Morgan fingerprint density at radius 3 is 1.28 bits per heavy atom. The molecule has 0 heterocycles. The molecule has 1 heteroatoms. The van der Waals surface area contributed by atoms with Crippen LogP contribution in [-0.2, 0) is 4.79 Å². The van der Waals surface area contributed by atoms with Crippen molar-refractivity contribution in [2.24, 2.45) is 10.8 Å². The van der Waals surface area contributed by atoms with Crippen molar-refractivity contribution in [3.63, 3.8) is 0 Å². The molecule has 0 fully saturated rings. The summed E-state index contributed by atoms with van der Waals surface area (Å²) >= 11 is 0. The summed E-state index contributed by atoms with van der Waals surface area (Å²) in [4.78, 5) is 11.7. The van der Waals surface area contributed by atoms with Gasteiger partial charge in [0.15, 0.2) is 0 Å². The van der Waals surface area contributed by atoms with E-state index in [0.29, 0.717) is 16.6 Å². The number of hydrogen-bond donors (Lipinski definition) is 0. The predicted molar refractivity (Wildman–Crippen MR) is 80.9 cm³/mol. The van der Waals surface area contributed by atoms with E-state index in [1.54, 1.807) is 0 Å². The number of Topliss-reactive ketones (excluding diaryl/α,β-unsaturated/α-hetero) is 1. The Kier molecular flexibility index (Phi) is 7.82. The summed E-state index contributed by atoms with van der Waals surface area (Å²) in [6.45, 7) is 13.6. The molecule has 0 spiro atoms. The summed E-state index contributed by atoms with van der Waals surface area (Å²) in [5, 5.41) is 0. The molecule has 0 saturated carbocycles. The molecule has 0 N–H and O–H groups in total. The van der Waals surface area contributed by atoms with Crippen molar-refractivity contribution >= 4 is 5.78 Å². The van der Waals surface area contributed by atoms with Crippen LogP contribution in [0.15, 0.2) is 0 Å². The molecule has 0 radical (unpaired) electrons. The smallest absolute Gasteiger partial charge is 0.132 e. The topological polar surface area (TPSA) is 17.1 Å². The predicted octanol–water partition coefficient (Wildman–Crippen LogP) is 5.77. The van der Waals surface area contributed by atoms with Gasteiger partial charge < -0.3 is 0 Å². The van der Waals surface area contributed by atoms with Gasteiger partial charge in [0.05, 0.1) is 0 Å². The van der Waals surface area contributed by atoms with Crippen LogP contribution in [0.3, 0.4) is 0 Å².